The van der Waals surface area contributed by atoms with Crippen molar-refractivity contribution in [3.05, 3.63) is 102 Å². The maximum Gasteiger partial charge on any atom is 0.343 e. The molecule has 0 saturated heterocycles. The van der Waals surface area contributed by atoms with Gasteiger partial charge in [-0.1, -0.05) is 42.5 Å². The fraction of sp³-hybridized carbons (Fsp3) is 0.162. The van der Waals surface area contributed by atoms with Crippen LogP contribution in [0, 0.1) is 6.92 Å². The number of nitrogens with one attached hydrogen (secondary N) is 1. The number of nitrogens with two attached hydrogens (primary N) is 2. The molecular weight excluding hydrogens is 749 g/mol. The predicted octanol–water partition coefficient (Wildman–Crippen LogP) is 5.01. The zero-order valence-corrected chi connectivity index (χ0v) is 31.4. The standard InChI is InChI=1S/C37H34N16O5/c1-20-26(46-47-32-25(34(55)57-3)19-41-51(32)23-16-9-6-10-17-23)29(38)52(48-20)35-43-36(45-37(44-35)58-4)53-30(39)28(27(49-53)21-12-11-13-21)42-31-24(33(54)56-2)18-40-50(31)22-14-7-5-8-15-22/h5-10,12,14-19,42H,11,13,38-39H2,1-4H3. The van der Waals surface area contributed by atoms with Gasteiger partial charge in [-0.15, -0.1) is 10.2 Å². The number of rotatable bonds is 12. The zero-order chi connectivity index (χ0) is 40.5. The number of anilines is 4. The third-order valence-electron chi connectivity index (χ3n) is 9.06. The van der Waals surface area contributed by atoms with Gasteiger partial charge in [0.25, 0.3) is 11.9 Å². The third-order valence-corrected chi connectivity index (χ3v) is 9.06. The van der Waals surface area contributed by atoms with E-state index in [1.807, 2.05) is 54.6 Å². The van der Waals surface area contributed by atoms with Gasteiger partial charge in [0, 0.05) is 0 Å². The van der Waals surface area contributed by atoms with Crippen molar-refractivity contribution in [3.8, 4) is 29.3 Å². The van der Waals surface area contributed by atoms with Gasteiger partial charge in [0.2, 0.25) is 0 Å². The quantitative estimate of drug-likeness (QED) is 0.109. The second kappa shape index (κ2) is 15.1. The van der Waals surface area contributed by atoms with E-state index < -0.39 is 11.9 Å². The molecule has 1 aliphatic carbocycles. The van der Waals surface area contributed by atoms with Crippen LogP contribution in [0.5, 0.6) is 6.01 Å². The van der Waals surface area contributed by atoms with E-state index in [0.717, 1.165) is 18.4 Å². The number of methoxy groups -OCH3 is 3. The van der Waals surface area contributed by atoms with E-state index in [4.69, 9.17) is 30.8 Å². The average molecular weight is 783 g/mol. The molecule has 0 fully saturated rings. The fourth-order valence-electron chi connectivity index (χ4n) is 6.02. The lowest BCUT2D eigenvalue weighted by atomic mass is 9.95. The number of benzene rings is 2. The summed E-state index contributed by atoms with van der Waals surface area (Å²) in [5, 5.41) is 30.2. The zero-order valence-electron chi connectivity index (χ0n) is 31.4. The Labute approximate surface area is 328 Å². The molecule has 21 heteroatoms. The number of carbonyl (C=O) groups excluding carboxylic acids is 2. The Bertz CT molecular complexity index is 2750. The van der Waals surface area contributed by atoms with Gasteiger partial charge in [0.1, 0.15) is 28.3 Å². The number of para-hydroxylation sites is 2. The topological polar surface area (TPSA) is 261 Å². The van der Waals surface area contributed by atoms with Gasteiger partial charge in [0.05, 0.1) is 50.8 Å². The first-order valence-corrected chi connectivity index (χ1v) is 17.6. The number of aryl methyl sites for hydroxylation is 1. The first-order valence-electron chi connectivity index (χ1n) is 17.6. The highest BCUT2D eigenvalue weighted by atomic mass is 16.5. The van der Waals surface area contributed by atoms with Crippen LogP contribution in [0.15, 0.2) is 89.4 Å². The van der Waals surface area contributed by atoms with Crippen molar-refractivity contribution in [1.29, 1.82) is 0 Å². The van der Waals surface area contributed by atoms with E-state index in [1.165, 1.54) is 47.8 Å². The summed E-state index contributed by atoms with van der Waals surface area (Å²) in [6, 6.07) is 18.2. The summed E-state index contributed by atoms with van der Waals surface area (Å²) in [4.78, 5) is 39.0. The lowest BCUT2D eigenvalue weighted by molar-refractivity contribution is 0.0592. The number of carbonyl (C=O) groups is 2. The lowest BCUT2D eigenvalue weighted by Gasteiger charge is -2.16. The minimum Gasteiger partial charge on any atom is -0.467 e. The smallest absolute Gasteiger partial charge is 0.343 e. The summed E-state index contributed by atoms with van der Waals surface area (Å²) in [5.74, 6) is -0.855. The Hall–Kier alpha value is -8.23. The van der Waals surface area contributed by atoms with E-state index in [1.54, 1.807) is 23.7 Å². The molecule has 5 heterocycles. The minimum atomic E-state index is -0.653. The second-order valence-corrected chi connectivity index (χ2v) is 12.5. The Balaban J connectivity index is 1.20. The first-order chi connectivity index (χ1) is 28.2. The molecule has 0 amide bonds. The molecule has 0 spiro atoms. The van der Waals surface area contributed by atoms with Crippen LogP contribution in [0.2, 0.25) is 0 Å². The summed E-state index contributed by atoms with van der Waals surface area (Å²) in [6.45, 7) is 1.67. The van der Waals surface area contributed by atoms with Crippen LogP contribution in [-0.4, -0.2) is 87.3 Å². The van der Waals surface area contributed by atoms with Gasteiger partial charge in [0.15, 0.2) is 23.1 Å². The summed E-state index contributed by atoms with van der Waals surface area (Å²) >= 11 is 0. The number of hydrogen-bond acceptors (Lipinski definition) is 17. The monoisotopic (exact) mass is 782 g/mol. The number of allylic oxidation sites excluding steroid dienone is 2. The van der Waals surface area contributed by atoms with Gasteiger partial charge in [-0.3, -0.25) is 0 Å². The van der Waals surface area contributed by atoms with Gasteiger partial charge >= 0.3 is 17.9 Å². The fourth-order valence-corrected chi connectivity index (χ4v) is 6.02. The maximum absolute atomic E-state index is 12.9. The van der Waals surface area contributed by atoms with Gasteiger partial charge < -0.3 is 31.0 Å². The van der Waals surface area contributed by atoms with Gasteiger partial charge in [-0.05, 0) is 49.6 Å². The third kappa shape index (κ3) is 6.50. The van der Waals surface area contributed by atoms with Crippen LogP contribution >= 0.6 is 0 Å². The van der Waals surface area contributed by atoms with Crippen LogP contribution in [-0.2, 0) is 9.47 Å². The van der Waals surface area contributed by atoms with Crippen molar-refractivity contribution in [2.75, 3.05) is 38.1 Å². The molecule has 0 unspecified atom stereocenters. The molecule has 21 nitrogen and oxygen atoms in total. The predicted molar refractivity (Wildman–Crippen MR) is 209 cm³/mol. The van der Waals surface area contributed by atoms with Crippen molar-refractivity contribution in [2.45, 2.75) is 19.8 Å². The van der Waals surface area contributed by atoms with Crippen LogP contribution in [0.25, 0.3) is 28.8 Å². The molecule has 0 aliphatic heterocycles. The molecule has 2 aromatic carbocycles. The van der Waals surface area contributed by atoms with Gasteiger partial charge in [-0.25, -0.2) is 19.0 Å². The molecule has 5 N–H and O–H groups in total. The molecule has 5 aromatic heterocycles. The van der Waals surface area contributed by atoms with Crippen molar-refractivity contribution < 1.29 is 23.8 Å². The van der Waals surface area contributed by atoms with Crippen molar-refractivity contribution in [2.24, 2.45) is 10.2 Å². The Kier molecular flexibility index (Phi) is 9.58. The second-order valence-electron chi connectivity index (χ2n) is 12.5. The number of ether oxygens (including phenoxy) is 3. The van der Waals surface area contributed by atoms with Crippen LogP contribution in [0.3, 0.4) is 0 Å². The highest BCUT2D eigenvalue weighted by molar-refractivity contribution is 5.97. The van der Waals surface area contributed by atoms with E-state index >= 15 is 0 Å². The number of aromatic nitrogens is 11. The molecular formula is C37H34N16O5. The minimum absolute atomic E-state index is 0.00599. The molecule has 292 valence electrons. The Morgan fingerprint density at radius 1 is 0.741 bits per heavy atom. The Morgan fingerprint density at radius 2 is 1.33 bits per heavy atom. The van der Waals surface area contributed by atoms with E-state index in [9.17, 15) is 9.59 Å². The largest absolute Gasteiger partial charge is 0.467 e. The summed E-state index contributed by atoms with van der Waals surface area (Å²) in [7, 11) is 3.93. The summed E-state index contributed by atoms with van der Waals surface area (Å²) in [5.41, 5.74) is 17.3. The molecule has 7 aromatic rings. The number of nitrogen functional groups attached to an aromatic ring is 2. The number of azo groups is 1. The van der Waals surface area contributed by atoms with E-state index in [2.05, 4.69) is 45.8 Å². The van der Waals surface area contributed by atoms with E-state index in [-0.39, 0.29) is 52.2 Å². The summed E-state index contributed by atoms with van der Waals surface area (Å²) < 4.78 is 21.1. The van der Waals surface area contributed by atoms with E-state index in [0.29, 0.717) is 34.3 Å². The number of nitrogens with zero attached hydrogens (tertiary/aromatic N) is 13. The lowest BCUT2D eigenvalue weighted by Crippen LogP contribution is -2.14. The first kappa shape index (κ1) is 36.7. The molecule has 0 atom stereocenters. The van der Waals surface area contributed by atoms with Gasteiger partial charge in [-0.2, -0.15) is 44.7 Å². The Morgan fingerprint density at radius 3 is 1.93 bits per heavy atom. The molecule has 0 bridgehead atoms. The van der Waals surface area contributed by atoms with Crippen molar-refractivity contribution in [1.82, 2.24) is 54.1 Å². The van der Waals surface area contributed by atoms with Crippen molar-refractivity contribution in [3.63, 3.8) is 0 Å². The molecule has 0 radical (unpaired) electrons. The molecule has 8 rings (SSSR count). The molecule has 1 aliphatic rings. The van der Waals surface area contributed by atoms with Crippen LogP contribution < -0.4 is 21.5 Å². The average Bonchev–Trinajstić information content (AvgIpc) is 4.00. The number of esters is 2. The molecule has 58 heavy (non-hydrogen) atoms. The van der Waals surface area contributed by atoms with Crippen LogP contribution in [0.4, 0.5) is 34.6 Å². The summed E-state index contributed by atoms with van der Waals surface area (Å²) in [6.07, 6.45) is 6.35. The number of hydrogen-bond donors (Lipinski definition) is 3. The highest BCUT2D eigenvalue weighted by Gasteiger charge is 2.29. The van der Waals surface area contributed by atoms with Crippen LogP contribution in [0.1, 0.15) is 44.9 Å². The van der Waals surface area contributed by atoms with Crippen molar-refractivity contribution >= 4 is 52.2 Å². The maximum atomic E-state index is 12.9. The molecule has 0 saturated carbocycles. The SMILES string of the molecule is COC(=O)c1cnn(-c2ccccc2)c1N=Nc1c(C)nn(-c2nc(OC)nc(-n3nc(C4=CCC4)c(Nc4c(C(=O)OC)cnn4-c4ccccc4)c3N)n2)c1N. The normalized spacial score (nSPS) is 12.3. The highest BCUT2D eigenvalue weighted by Crippen LogP contribution is 2.40.